The standard InChI is InChI=1S/C20H23N4O2S/c1-3-6-16-15-11-18-17(25-12-26-18)10-14(15)9-13(2)24(16)19-21-20-23(22-19)7-4-5-8-27-20/h9-11H,3-8,12H2,1-2H3/q+1. The van der Waals surface area contributed by atoms with Gasteiger partial charge in [-0.15, -0.1) is 0 Å². The Morgan fingerprint density at radius 1 is 1.19 bits per heavy atom. The summed E-state index contributed by atoms with van der Waals surface area (Å²) in [5.41, 5.74) is 2.37. The predicted octanol–water partition coefficient (Wildman–Crippen LogP) is 3.58. The third-order valence-corrected chi connectivity index (χ3v) is 6.20. The van der Waals surface area contributed by atoms with Crippen LogP contribution in [0.4, 0.5) is 0 Å². The summed E-state index contributed by atoms with van der Waals surface area (Å²) >= 11 is 1.81. The van der Waals surface area contributed by atoms with Crippen molar-refractivity contribution in [3.8, 4) is 17.4 Å². The molecular formula is C20H23N4O2S+. The molecule has 0 fully saturated rings. The Bertz CT molecular complexity index is 1010. The summed E-state index contributed by atoms with van der Waals surface area (Å²) < 4.78 is 15.5. The number of pyridine rings is 1. The molecule has 0 saturated carbocycles. The quantitative estimate of drug-likeness (QED) is 0.647. The minimum atomic E-state index is 0.292. The van der Waals surface area contributed by atoms with E-state index in [1.807, 2.05) is 11.8 Å². The van der Waals surface area contributed by atoms with Crippen LogP contribution in [0.3, 0.4) is 0 Å². The molecule has 0 unspecified atom stereocenters. The summed E-state index contributed by atoms with van der Waals surface area (Å²) in [5, 5.41) is 8.24. The van der Waals surface area contributed by atoms with Crippen molar-refractivity contribution in [2.24, 2.45) is 0 Å². The Morgan fingerprint density at radius 3 is 2.89 bits per heavy atom. The van der Waals surface area contributed by atoms with E-state index >= 15 is 0 Å². The van der Waals surface area contributed by atoms with E-state index in [4.69, 9.17) is 19.6 Å². The molecular weight excluding hydrogens is 360 g/mol. The van der Waals surface area contributed by atoms with E-state index in [0.717, 1.165) is 59.9 Å². The van der Waals surface area contributed by atoms with Crippen LogP contribution in [0.1, 0.15) is 37.6 Å². The summed E-state index contributed by atoms with van der Waals surface area (Å²) in [6.07, 6.45) is 4.39. The lowest BCUT2D eigenvalue weighted by atomic mass is 10.0. The number of aromatic nitrogens is 4. The van der Waals surface area contributed by atoms with Gasteiger partial charge >= 0.3 is 5.95 Å². The largest absolute Gasteiger partial charge is 0.461 e. The van der Waals surface area contributed by atoms with Crippen molar-refractivity contribution >= 4 is 22.5 Å². The fourth-order valence-corrected chi connectivity index (χ4v) is 4.86. The van der Waals surface area contributed by atoms with E-state index in [1.165, 1.54) is 22.9 Å². The van der Waals surface area contributed by atoms with Crippen molar-refractivity contribution in [2.45, 2.75) is 51.2 Å². The van der Waals surface area contributed by atoms with Crippen LogP contribution in [0.15, 0.2) is 23.4 Å². The molecule has 0 radical (unpaired) electrons. The van der Waals surface area contributed by atoms with Gasteiger partial charge in [-0.2, -0.15) is 9.25 Å². The summed E-state index contributed by atoms with van der Waals surface area (Å²) in [6.45, 7) is 5.57. The van der Waals surface area contributed by atoms with Crippen LogP contribution < -0.4 is 14.0 Å². The first kappa shape index (κ1) is 16.9. The second-order valence-corrected chi connectivity index (χ2v) is 8.15. The molecule has 4 heterocycles. The highest BCUT2D eigenvalue weighted by Crippen LogP contribution is 2.37. The van der Waals surface area contributed by atoms with Gasteiger partial charge in [0.2, 0.25) is 6.79 Å². The first-order valence-corrected chi connectivity index (χ1v) is 10.6. The van der Waals surface area contributed by atoms with Gasteiger partial charge in [0.05, 0.1) is 17.9 Å². The van der Waals surface area contributed by atoms with Crippen LogP contribution in [0, 0.1) is 6.92 Å². The monoisotopic (exact) mass is 383 g/mol. The molecule has 140 valence electrons. The Labute approximate surface area is 162 Å². The van der Waals surface area contributed by atoms with E-state index in [-0.39, 0.29) is 0 Å². The SMILES string of the molecule is CCCc1c2cc3c(cc2cc(C)[n+]1-c1nc2n(n1)CCCCS2)OCO3. The number of aryl methyl sites for hydroxylation is 3. The van der Waals surface area contributed by atoms with E-state index in [9.17, 15) is 0 Å². The minimum absolute atomic E-state index is 0.292. The van der Waals surface area contributed by atoms with Crippen LogP contribution in [0.25, 0.3) is 16.7 Å². The first-order valence-electron chi connectivity index (χ1n) is 9.60. The smallest absolute Gasteiger partial charge is 0.454 e. The second kappa shape index (κ2) is 6.71. The molecule has 2 aliphatic rings. The van der Waals surface area contributed by atoms with Gasteiger partial charge in [-0.3, -0.25) is 0 Å². The van der Waals surface area contributed by atoms with Crippen LogP contribution >= 0.6 is 11.8 Å². The fourth-order valence-electron chi connectivity index (χ4n) is 3.90. The molecule has 2 aliphatic heterocycles. The molecule has 0 N–H and O–H groups in total. The van der Waals surface area contributed by atoms with E-state index in [1.54, 1.807) is 0 Å². The number of hydrogen-bond acceptors (Lipinski definition) is 5. The van der Waals surface area contributed by atoms with E-state index in [0.29, 0.717) is 6.79 Å². The van der Waals surface area contributed by atoms with Gasteiger partial charge in [0.15, 0.2) is 11.5 Å². The third kappa shape index (κ3) is 2.84. The molecule has 0 amide bonds. The molecule has 6 nitrogen and oxygen atoms in total. The zero-order valence-electron chi connectivity index (χ0n) is 15.7. The molecule has 7 heteroatoms. The Kier molecular flexibility index (Phi) is 4.19. The molecule has 0 bridgehead atoms. The van der Waals surface area contributed by atoms with Gasteiger partial charge in [0.25, 0.3) is 5.16 Å². The zero-order chi connectivity index (χ0) is 18.4. The first-order chi connectivity index (χ1) is 13.2. The van der Waals surface area contributed by atoms with Crippen molar-refractivity contribution in [1.29, 1.82) is 0 Å². The highest BCUT2D eigenvalue weighted by molar-refractivity contribution is 7.99. The number of fused-ring (bicyclic) bond motifs is 3. The lowest BCUT2D eigenvalue weighted by Crippen LogP contribution is -2.40. The molecule has 5 rings (SSSR count). The Morgan fingerprint density at radius 2 is 2.04 bits per heavy atom. The second-order valence-electron chi connectivity index (χ2n) is 7.08. The van der Waals surface area contributed by atoms with Crippen molar-refractivity contribution in [3.05, 3.63) is 29.6 Å². The van der Waals surface area contributed by atoms with Crippen LogP contribution in [-0.4, -0.2) is 27.3 Å². The predicted molar refractivity (Wildman–Crippen MR) is 104 cm³/mol. The normalized spacial score (nSPS) is 15.8. The molecule has 1 aromatic carbocycles. The lowest BCUT2D eigenvalue weighted by Gasteiger charge is -2.12. The summed E-state index contributed by atoms with van der Waals surface area (Å²) in [5.74, 6) is 3.54. The number of nitrogens with zero attached hydrogens (tertiary/aromatic N) is 4. The van der Waals surface area contributed by atoms with Gasteiger partial charge in [-0.05, 0) is 54.8 Å². The zero-order valence-corrected chi connectivity index (χ0v) is 16.5. The van der Waals surface area contributed by atoms with Crippen molar-refractivity contribution in [3.63, 3.8) is 0 Å². The highest BCUT2D eigenvalue weighted by Gasteiger charge is 2.28. The van der Waals surface area contributed by atoms with E-state index in [2.05, 4.69) is 41.3 Å². The van der Waals surface area contributed by atoms with Crippen molar-refractivity contribution in [1.82, 2.24) is 14.8 Å². The number of benzene rings is 1. The maximum absolute atomic E-state index is 5.63. The molecule has 27 heavy (non-hydrogen) atoms. The van der Waals surface area contributed by atoms with E-state index < -0.39 is 0 Å². The fraction of sp³-hybridized carbons (Fsp3) is 0.450. The Balaban J connectivity index is 1.72. The lowest BCUT2D eigenvalue weighted by molar-refractivity contribution is -0.617. The van der Waals surface area contributed by atoms with Gasteiger partial charge in [0, 0.05) is 22.7 Å². The van der Waals surface area contributed by atoms with Crippen LogP contribution in [0.5, 0.6) is 11.5 Å². The van der Waals surface area contributed by atoms with Crippen molar-refractivity contribution in [2.75, 3.05) is 12.5 Å². The summed E-state index contributed by atoms with van der Waals surface area (Å²) in [7, 11) is 0. The molecule has 0 atom stereocenters. The molecule has 0 aliphatic carbocycles. The van der Waals surface area contributed by atoms with Crippen molar-refractivity contribution < 1.29 is 14.0 Å². The molecule has 0 saturated heterocycles. The van der Waals surface area contributed by atoms with Crippen LogP contribution in [-0.2, 0) is 13.0 Å². The van der Waals surface area contributed by atoms with Crippen LogP contribution in [0.2, 0.25) is 0 Å². The number of thioether (sulfide) groups is 1. The van der Waals surface area contributed by atoms with Gasteiger partial charge in [0.1, 0.15) is 0 Å². The maximum Gasteiger partial charge on any atom is 0.461 e. The number of hydrogen-bond donors (Lipinski definition) is 0. The average molecular weight is 383 g/mol. The van der Waals surface area contributed by atoms with Gasteiger partial charge in [-0.25, -0.2) is 0 Å². The highest BCUT2D eigenvalue weighted by atomic mass is 32.2. The molecule has 0 spiro atoms. The topological polar surface area (TPSA) is 53.1 Å². The average Bonchev–Trinajstić information content (AvgIpc) is 3.21. The summed E-state index contributed by atoms with van der Waals surface area (Å²) in [4.78, 5) is 4.89. The summed E-state index contributed by atoms with van der Waals surface area (Å²) in [6, 6.07) is 6.38. The van der Waals surface area contributed by atoms with Gasteiger partial charge < -0.3 is 9.47 Å². The maximum atomic E-state index is 5.63. The Hall–Kier alpha value is -2.28. The number of rotatable bonds is 3. The van der Waals surface area contributed by atoms with Gasteiger partial charge in [-0.1, -0.05) is 18.7 Å². The minimum Gasteiger partial charge on any atom is -0.454 e. The molecule has 2 aromatic heterocycles. The number of ether oxygens (including phenoxy) is 2. The molecule has 3 aromatic rings. The third-order valence-electron chi connectivity index (χ3n) is 5.15.